The Hall–Kier alpha value is -2.64. The van der Waals surface area contributed by atoms with Crippen molar-refractivity contribution in [1.29, 1.82) is 0 Å². The van der Waals surface area contributed by atoms with Gasteiger partial charge in [-0.3, -0.25) is 9.80 Å². The number of hydrogen-bond acceptors (Lipinski definition) is 2. The van der Waals surface area contributed by atoms with Gasteiger partial charge in [-0.15, -0.1) is 0 Å². The number of benzene rings is 3. The summed E-state index contributed by atoms with van der Waals surface area (Å²) in [4.78, 5) is 0.221. The van der Waals surface area contributed by atoms with Gasteiger partial charge in [-0.05, 0) is 10.8 Å². The van der Waals surface area contributed by atoms with Crippen LogP contribution >= 0.6 is 0 Å². The topological polar surface area (TPSA) is 6.48 Å². The van der Waals surface area contributed by atoms with E-state index in [-0.39, 0.29) is 20.6 Å². The molecule has 0 unspecified atom stereocenters. The third-order valence-electron chi connectivity index (χ3n) is 4.58. The zero-order valence-electron chi connectivity index (χ0n) is 13.2. The van der Waals surface area contributed by atoms with Crippen molar-refractivity contribution >= 4 is 32.9 Å². The van der Waals surface area contributed by atoms with Crippen LogP contribution in [0.2, 0.25) is 0 Å². The fourth-order valence-corrected chi connectivity index (χ4v) is 3.58. The van der Waals surface area contributed by atoms with E-state index in [1.165, 1.54) is 24.3 Å². The molecule has 0 radical (unpaired) electrons. The van der Waals surface area contributed by atoms with Crippen LogP contribution in [0.5, 0.6) is 0 Å². The molecule has 3 aromatic carbocycles. The van der Waals surface area contributed by atoms with E-state index in [0.717, 1.165) is 0 Å². The van der Waals surface area contributed by atoms with Gasteiger partial charge in [-0.2, -0.15) is 26.3 Å². The third-order valence-corrected chi connectivity index (χ3v) is 4.58. The molecule has 4 rings (SSSR count). The minimum Gasteiger partial charge on any atom is -0.279 e. The Morgan fingerprint density at radius 1 is 0.538 bits per heavy atom. The van der Waals surface area contributed by atoms with Gasteiger partial charge in [0.25, 0.3) is 0 Å². The summed E-state index contributed by atoms with van der Waals surface area (Å²) in [5, 5.41) is 1.26. The Balaban J connectivity index is 2.21. The number of halogens is 6. The first kappa shape index (κ1) is 16.8. The lowest BCUT2D eigenvalue weighted by Gasteiger charge is -2.41. The molecule has 0 bridgehead atoms. The molecule has 8 heteroatoms. The zero-order chi connectivity index (χ0) is 18.7. The minimum absolute atomic E-state index is 0.110. The summed E-state index contributed by atoms with van der Waals surface area (Å²) < 4.78 is 81.6. The molecular weight excluding hydrogens is 358 g/mol. The highest BCUT2D eigenvalue weighted by atomic mass is 19.4. The number of anilines is 2. The molecule has 2 nitrogen and oxygen atoms in total. The van der Waals surface area contributed by atoms with Gasteiger partial charge in [-0.25, -0.2) is 0 Å². The molecule has 1 aliphatic heterocycles. The van der Waals surface area contributed by atoms with E-state index < -0.39 is 37.1 Å². The molecule has 0 aromatic heterocycles. The molecule has 136 valence electrons. The van der Waals surface area contributed by atoms with Crippen molar-refractivity contribution in [3.8, 4) is 0 Å². The lowest BCUT2D eigenvalue weighted by molar-refractivity contribution is -0.140. The van der Waals surface area contributed by atoms with Crippen molar-refractivity contribution in [2.75, 3.05) is 22.9 Å². The summed E-state index contributed by atoms with van der Waals surface area (Å²) in [6.07, 6.45) is -9.56. The normalized spacial score (nSPS) is 15.6. The average molecular weight is 370 g/mol. The van der Waals surface area contributed by atoms with Crippen LogP contribution in [0.15, 0.2) is 48.5 Å². The number of fused-ring (bicyclic) bond motifs is 6. The monoisotopic (exact) mass is 370 g/mol. The Morgan fingerprint density at radius 2 is 0.846 bits per heavy atom. The van der Waals surface area contributed by atoms with Crippen molar-refractivity contribution in [2.45, 2.75) is 12.6 Å². The second kappa shape index (κ2) is 5.43. The lowest BCUT2D eigenvalue weighted by Crippen LogP contribution is -2.52. The standard InChI is InChI=1S/C18H12F6N2/c19-17(20,21)25-9-10-26(18(22,23)24)16-14-8-4-2-6-12(14)11-5-1-3-7-13(11)15(16)25/h1-8H,9-10H2. The fraction of sp³-hybridized carbons (Fsp3) is 0.222. The van der Waals surface area contributed by atoms with Crippen molar-refractivity contribution in [1.82, 2.24) is 0 Å². The van der Waals surface area contributed by atoms with Gasteiger partial charge in [0.1, 0.15) is 0 Å². The Morgan fingerprint density at radius 3 is 1.15 bits per heavy atom. The largest absolute Gasteiger partial charge is 0.485 e. The van der Waals surface area contributed by atoms with Crippen LogP contribution in [-0.2, 0) is 0 Å². The van der Waals surface area contributed by atoms with Crippen LogP contribution in [0, 0.1) is 0 Å². The molecule has 0 N–H and O–H groups in total. The van der Waals surface area contributed by atoms with Gasteiger partial charge in [0.2, 0.25) is 0 Å². The molecule has 1 heterocycles. The molecule has 0 aliphatic carbocycles. The van der Waals surface area contributed by atoms with Gasteiger partial charge in [-0.1, -0.05) is 48.5 Å². The number of hydrogen-bond donors (Lipinski definition) is 0. The second-order valence-electron chi connectivity index (χ2n) is 6.03. The Kier molecular flexibility index (Phi) is 3.51. The SMILES string of the molecule is FC(F)(F)N1CCN(C(F)(F)F)c2c1c1ccccc1c1ccccc21. The molecule has 1 aliphatic rings. The van der Waals surface area contributed by atoms with Crippen LogP contribution in [0.3, 0.4) is 0 Å². The molecule has 0 amide bonds. The van der Waals surface area contributed by atoms with E-state index in [1.807, 2.05) is 0 Å². The summed E-state index contributed by atoms with van der Waals surface area (Å²) in [6, 6.07) is 12.5. The number of alkyl halides is 6. The van der Waals surface area contributed by atoms with Crippen LogP contribution in [-0.4, -0.2) is 25.7 Å². The maximum absolute atomic E-state index is 13.6. The van der Waals surface area contributed by atoms with E-state index >= 15 is 0 Å². The summed E-state index contributed by atoms with van der Waals surface area (Å²) >= 11 is 0. The van der Waals surface area contributed by atoms with Crippen LogP contribution < -0.4 is 9.80 Å². The number of nitrogens with zero attached hydrogens (tertiary/aromatic N) is 2. The van der Waals surface area contributed by atoms with Crippen LogP contribution in [0.25, 0.3) is 21.5 Å². The second-order valence-corrected chi connectivity index (χ2v) is 6.03. The first-order valence-electron chi connectivity index (χ1n) is 7.82. The van der Waals surface area contributed by atoms with Gasteiger partial charge in [0.05, 0.1) is 11.4 Å². The lowest BCUT2D eigenvalue weighted by atomic mass is 9.95. The average Bonchev–Trinajstić information content (AvgIpc) is 2.59. The summed E-state index contributed by atoms with van der Waals surface area (Å²) in [6.45, 7) is -1.59. The van der Waals surface area contributed by atoms with Gasteiger partial charge in [0.15, 0.2) is 0 Å². The highest BCUT2D eigenvalue weighted by Crippen LogP contribution is 2.50. The first-order chi connectivity index (χ1) is 12.2. The maximum atomic E-state index is 13.6. The molecule has 3 aromatic rings. The van der Waals surface area contributed by atoms with E-state index in [9.17, 15) is 26.3 Å². The Labute approximate surface area is 144 Å². The molecule has 26 heavy (non-hydrogen) atoms. The molecular formula is C18H12F6N2. The highest BCUT2D eigenvalue weighted by Gasteiger charge is 2.48. The first-order valence-corrected chi connectivity index (χ1v) is 7.82. The molecule has 0 saturated heterocycles. The predicted octanol–water partition coefficient (Wildman–Crippen LogP) is 5.66. The van der Waals surface area contributed by atoms with Crippen molar-refractivity contribution in [2.24, 2.45) is 0 Å². The molecule has 0 saturated carbocycles. The van der Waals surface area contributed by atoms with Gasteiger partial charge >= 0.3 is 12.6 Å². The smallest absolute Gasteiger partial charge is 0.279 e. The molecule has 0 spiro atoms. The number of rotatable bonds is 0. The van der Waals surface area contributed by atoms with Crippen molar-refractivity contribution < 1.29 is 26.3 Å². The van der Waals surface area contributed by atoms with Gasteiger partial charge < -0.3 is 0 Å². The van der Waals surface area contributed by atoms with Crippen LogP contribution in [0.1, 0.15) is 0 Å². The summed E-state index contributed by atoms with van der Waals surface area (Å²) in [5.41, 5.74) is -0.897. The molecule has 0 fully saturated rings. The van der Waals surface area contributed by atoms with E-state index in [4.69, 9.17) is 0 Å². The van der Waals surface area contributed by atoms with Crippen LogP contribution in [0.4, 0.5) is 37.7 Å². The zero-order valence-corrected chi connectivity index (χ0v) is 13.2. The van der Waals surface area contributed by atoms with Crippen molar-refractivity contribution in [3.63, 3.8) is 0 Å². The van der Waals surface area contributed by atoms with E-state index in [0.29, 0.717) is 10.8 Å². The molecule has 0 atom stereocenters. The predicted molar refractivity (Wildman–Crippen MR) is 88.3 cm³/mol. The highest BCUT2D eigenvalue weighted by molar-refractivity contribution is 6.20. The van der Waals surface area contributed by atoms with E-state index in [2.05, 4.69) is 0 Å². The third kappa shape index (κ3) is 2.43. The quantitative estimate of drug-likeness (QED) is 0.286. The summed E-state index contributed by atoms with van der Waals surface area (Å²) in [5.74, 6) is 0. The maximum Gasteiger partial charge on any atom is 0.485 e. The Bertz CT molecular complexity index is 912. The van der Waals surface area contributed by atoms with E-state index in [1.54, 1.807) is 24.3 Å². The minimum atomic E-state index is -4.78. The summed E-state index contributed by atoms with van der Waals surface area (Å²) in [7, 11) is 0. The fourth-order valence-electron chi connectivity index (χ4n) is 3.58. The van der Waals surface area contributed by atoms with Gasteiger partial charge in [0, 0.05) is 23.9 Å². The van der Waals surface area contributed by atoms with Crippen molar-refractivity contribution in [3.05, 3.63) is 48.5 Å².